The van der Waals surface area contributed by atoms with Crippen LogP contribution in [0.1, 0.15) is 20.3 Å². The molecule has 0 amide bonds. The Bertz CT molecular complexity index is 246. The van der Waals surface area contributed by atoms with E-state index in [-0.39, 0.29) is 0 Å². The Kier molecular flexibility index (Phi) is 5.93. The molecule has 7 heteroatoms. The van der Waals surface area contributed by atoms with Gasteiger partial charge in [-0.1, -0.05) is 0 Å². The fourth-order valence-electron chi connectivity index (χ4n) is 1.94. The van der Waals surface area contributed by atoms with E-state index in [0.29, 0.717) is 6.42 Å². The van der Waals surface area contributed by atoms with E-state index in [1.165, 1.54) is 0 Å². The number of rotatable bonds is 5. The van der Waals surface area contributed by atoms with E-state index < -0.39 is 49.5 Å². The van der Waals surface area contributed by atoms with E-state index in [0.717, 1.165) is 0 Å². The van der Waals surface area contributed by atoms with Gasteiger partial charge in [0.05, 0.1) is 18.8 Å². The van der Waals surface area contributed by atoms with Crippen LogP contribution in [0.4, 0.5) is 0 Å². The summed E-state index contributed by atoms with van der Waals surface area (Å²) < 4.78 is 10.5. The molecule has 1 aliphatic rings. The number of hydrogen-bond acceptors (Lipinski definition) is 7. The fourth-order valence-corrected chi connectivity index (χ4v) is 1.94. The molecule has 0 spiro atoms. The van der Waals surface area contributed by atoms with Gasteiger partial charge in [0.25, 0.3) is 0 Å². The molecule has 5 N–H and O–H groups in total. The summed E-state index contributed by atoms with van der Waals surface area (Å²) in [7, 11) is 0. The highest BCUT2D eigenvalue weighted by molar-refractivity contribution is 4.89. The number of ether oxygens (including phenoxy) is 2. The van der Waals surface area contributed by atoms with Crippen molar-refractivity contribution in [3.8, 4) is 0 Å². The van der Waals surface area contributed by atoms with Crippen LogP contribution in [0.15, 0.2) is 0 Å². The molecule has 0 saturated carbocycles. The van der Waals surface area contributed by atoms with Gasteiger partial charge in [0, 0.05) is 0 Å². The molecule has 0 aromatic heterocycles. The summed E-state index contributed by atoms with van der Waals surface area (Å²) in [4.78, 5) is 0. The second-order valence-corrected chi connectivity index (χ2v) is 4.73. The van der Waals surface area contributed by atoms with Crippen molar-refractivity contribution < 1.29 is 35.0 Å². The van der Waals surface area contributed by atoms with Gasteiger partial charge in [-0.3, -0.25) is 0 Å². The molecule has 0 aromatic rings. The van der Waals surface area contributed by atoms with Gasteiger partial charge < -0.3 is 35.0 Å². The molecular weight excluding hydrogens is 244 g/mol. The molecule has 108 valence electrons. The highest BCUT2D eigenvalue weighted by Gasteiger charge is 2.44. The molecule has 7 nitrogen and oxygen atoms in total. The second kappa shape index (κ2) is 6.76. The Morgan fingerprint density at radius 2 is 1.72 bits per heavy atom. The van der Waals surface area contributed by atoms with Gasteiger partial charge in [0.1, 0.15) is 24.4 Å². The molecule has 18 heavy (non-hydrogen) atoms. The summed E-state index contributed by atoms with van der Waals surface area (Å²) in [5.74, 6) is 0. The lowest BCUT2D eigenvalue weighted by molar-refractivity contribution is -0.311. The average Bonchev–Trinajstić information content (AvgIpc) is 2.29. The predicted molar refractivity (Wildman–Crippen MR) is 60.6 cm³/mol. The van der Waals surface area contributed by atoms with Crippen molar-refractivity contribution in [3.05, 3.63) is 0 Å². The zero-order chi connectivity index (χ0) is 13.9. The van der Waals surface area contributed by atoms with E-state index in [1.54, 1.807) is 13.8 Å². The maximum atomic E-state index is 9.70. The highest BCUT2D eigenvalue weighted by Crippen LogP contribution is 2.23. The van der Waals surface area contributed by atoms with Crippen molar-refractivity contribution in [1.29, 1.82) is 0 Å². The quantitative estimate of drug-likeness (QED) is 0.389. The largest absolute Gasteiger partial charge is 0.394 e. The van der Waals surface area contributed by atoms with Crippen LogP contribution in [0.5, 0.6) is 0 Å². The van der Waals surface area contributed by atoms with E-state index in [9.17, 15) is 20.4 Å². The first kappa shape index (κ1) is 15.8. The molecule has 1 rings (SSSR count). The van der Waals surface area contributed by atoms with Crippen molar-refractivity contribution in [2.24, 2.45) is 0 Å². The summed E-state index contributed by atoms with van der Waals surface area (Å²) in [5, 5.41) is 47.0. The summed E-state index contributed by atoms with van der Waals surface area (Å²) in [6.45, 7) is 2.80. The van der Waals surface area contributed by atoms with Crippen LogP contribution < -0.4 is 0 Å². The number of aliphatic hydroxyl groups is 5. The first-order valence-corrected chi connectivity index (χ1v) is 6.00. The molecule has 1 heterocycles. The van der Waals surface area contributed by atoms with Crippen LogP contribution in [0.3, 0.4) is 0 Å². The molecule has 1 fully saturated rings. The lowest BCUT2D eigenvalue weighted by Gasteiger charge is -2.40. The molecule has 0 unspecified atom stereocenters. The minimum absolute atomic E-state index is 0.342. The van der Waals surface area contributed by atoms with Crippen LogP contribution in [-0.2, 0) is 9.47 Å². The SMILES string of the molecule is C[C@H](O)C[C@@H](C)O[C@@H]1O[C@H](CO)[C@@H](O)[C@H](O)[C@H]1O. The topological polar surface area (TPSA) is 120 Å². The third kappa shape index (κ3) is 3.86. The molecular formula is C11H22O7. The molecule has 0 bridgehead atoms. The Morgan fingerprint density at radius 1 is 1.11 bits per heavy atom. The van der Waals surface area contributed by atoms with Crippen molar-refractivity contribution in [2.45, 2.75) is 63.2 Å². The molecule has 0 aliphatic carbocycles. The lowest BCUT2D eigenvalue weighted by Crippen LogP contribution is -2.59. The van der Waals surface area contributed by atoms with Crippen molar-refractivity contribution in [1.82, 2.24) is 0 Å². The Hall–Kier alpha value is -0.280. The van der Waals surface area contributed by atoms with Crippen molar-refractivity contribution >= 4 is 0 Å². The maximum Gasteiger partial charge on any atom is 0.186 e. The van der Waals surface area contributed by atoms with E-state index in [1.807, 2.05) is 0 Å². The van der Waals surface area contributed by atoms with Crippen LogP contribution in [-0.4, -0.2) is 75.1 Å². The third-order valence-electron chi connectivity index (χ3n) is 2.89. The normalized spacial score (nSPS) is 40.5. The van der Waals surface area contributed by atoms with Crippen LogP contribution in [0.2, 0.25) is 0 Å². The van der Waals surface area contributed by atoms with E-state index >= 15 is 0 Å². The lowest BCUT2D eigenvalue weighted by atomic mass is 9.99. The van der Waals surface area contributed by atoms with Gasteiger partial charge in [-0.15, -0.1) is 0 Å². The molecule has 1 aliphatic heterocycles. The van der Waals surface area contributed by atoms with Crippen molar-refractivity contribution in [2.75, 3.05) is 6.61 Å². The smallest absolute Gasteiger partial charge is 0.186 e. The standard InChI is InChI=1S/C11H22O7/c1-5(13)3-6(2)17-11-10(16)9(15)8(14)7(4-12)18-11/h5-16H,3-4H2,1-2H3/t5-,6+,7+,8+,9-,10+,11+/m0/s1. The number of hydrogen-bond donors (Lipinski definition) is 5. The summed E-state index contributed by atoms with van der Waals surface area (Å²) in [5.41, 5.74) is 0. The van der Waals surface area contributed by atoms with E-state index in [4.69, 9.17) is 14.6 Å². The highest BCUT2D eigenvalue weighted by atomic mass is 16.7. The average molecular weight is 266 g/mol. The predicted octanol–water partition coefficient (Wildman–Crippen LogP) is -2.04. The Balaban J connectivity index is 2.58. The van der Waals surface area contributed by atoms with Gasteiger partial charge in [-0.2, -0.15) is 0 Å². The molecule has 1 saturated heterocycles. The monoisotopic (exact) mass is 266 g/mol. The molecule has 0 radical (unpaired) electrons. The van der Waals surface area contributed by atoms with Crippen LogP contribution in [0.25, 0.3) is 0 Å². The van der Waals surface area contributed by atoms with Crippen LogP contribution >= 0.6 is 0 Å². The zero-order valence-electron chi connectivity index (χ0n) is 10.5. The third-order valence-corrected chi connectivity index (χ3v) is 2.89. The van der Waals surface area contributed by atoms with Gasteiger partial charge in [-0.05, 0) is 20.3 Å². The summed E-state index contributed by atoms with van der Waals surface area (Å²) in [6.07, 6.45) is -6.98. The second-order valence-electron chi connectivity index (χ2n) is 4.73. The van der Waals surface area contributed by atoms with Gasteiger partial charge in [-0.25, -0.2) is 0 Å². The first-order chi connectivity index (χ1) is 8.36. The van der Waals surface area contributed by atoms with Gasteiger partial charge >= 0.3 is 0 Å². The summed E-state index contributed by atoms with van der Waals surface area (Å²) in [6, 6.07) is 0. The Labute approximate surface area is 106 Å². The fraction of sp³-hybridized carbons (Fsp3) is 1.00. The first-order valence-electron chi connectivity index (χ1n) is 6.00. The minimum Gasteiger partial charge on any atom is -0.394 e. The van der Waals surface area contributed by atoms with Crippen LogP contribution in [0, 0.1) is 0 Å². The minimum atomic E-state index is -1.44. The number of aliphatic hydroxyl groups excluding tert-OH is 5. The Morgan fingerprint density at radius 3 is 2.22 bits per heavy atom. The zero-order valence-corrected chi connectivity index (χ0v) is 10.5. The van der Waals surface area contributed by atoms with Gasteiger partial charge in [0.15, 0.2) is 6.29 Å². The van der Waals surface area contributed by atoms with Crippen molar-refractivity contribution in [3.63, 3.8) is 0 Å². The maximum absolute atomic E-state index is 9.70. The molecule has 7 atom stereocenters. The van der Waals surface area contributed by atoms with E-state index in [2.05, 4.69) is 0 Å². The summed E-state index contributed by atoms with van der Waals surface area (Å²) >= 11 is 0. The van der Waals surface area contributed by atoms with Gasteiger partial charge in [0.2, 0.25) is 0 Å². The molecule has 0 aromatic carbocycles.